The Morgan fingerprint density at radius 1 is 1.09 bits per heavy atom. The number of aryl methyl sites for hydroxylation is 1. The number of carbonyl (C=O) groups is 1. The molecular weight excluding hydrogens is 309 g/mol. The van der Waals surface area contributed by atoms with Crippen LogP contribution in [-0.2, 0) is 6.42 Å². The van der Waals surface area contributed by atoms with E-state index in [1.54, 1.807) is 18.2 Å². The predicted octanol–water partition coefficient (Wildman–Crippen LogP) is 5.37. The second-order valence-electron chi connectivity index (χ2n) is 5.18. The van der Waals surface area contributed by atoms with Gasteiger partial charge in [-0.05, 0) is 47.9 Å². The molecule has 1 N–H and O–H groups in total. The second kappa shape index (κ2) is 6.75. The van der Waals surface area contributed by atoms with E-state index in [-0.39, 0.29) is 11.7 Å². The first-order valence-electron chi connectivity index (χ1n) is 7.42. The van der Waals surface area contributed by atoms with Crippen molar-refractivity contribution in [1.82, 2.24) is 0 Å². The Morgan fingerprint density at radius 2 is 1.87 bits per heavy atom. The zero-order chi connectivity index (χ0) is 16.2. The maximum atomic E-state index is 13.2. The van der Waals surface area contributed by atoms with Crippen LogP contribution in [0.1, 0.15) is 22.2 Å². The van der Waals surface area contributed by atoms with Gasteiger partial charge in [0.25, 0.3) is 5.91 Å². The SMILES string of the molecule is CCc1ccc(-c2ccc(C(=O)Nc3cccc(F)c3)s2)cc1. The molecule has 0 aliphatic rings. The molecule has 0 unspecified atom stereocenters. The standard InChI is InChI=1S/C19H16FNOS/c1-2-13-6-8-14(9-7-13)17-10-11-18(23-17)19(22)21-16-5-3-4-15(20)12-16/h3-12H,2H2,1H3,(H,21,22). The summed E-state index contributed by atoms with van der Waals surface area (Å²) < 4.78 is 13.2. The molecule has 0 spiro atoms. The summed E-state index contributed by atoms with van der Waals surface area (Å²) in [7, 11) is 0. The van der Waals surface area contributed by atoms with Crippen molar-refractivity contribution in [2.45, 2.75) is 13.3 Å². The predicted molar refractivity (Wildman–Crippen MR) is 93.5 cm³/mol. The lowest BCUT2D eigenvalue weighted by molar-refractivity contribution is 0.103. The van der Waals surface area contributed by atoms with E-state index in [1.165, 1.54) is 29.0 Å². The second-order valence-corrected chi connectivity index (χ2v) is 6.26. The normalized spacial score (nSPS) is 10.5. The fourth-order valence-corrected chi connectivity index (χ4v) is 3.19. The Labute approximate surface area is 138 Å². The van der Waals surface area contributed by atoms with Gasteiger partial charge in [0.15, 0.2) is 0 Å². The molecular formula is C19H16FNOS. The van der Waals surface area contributed by atoms with Crippen LogP contribution in [0.5, 0.6) is 0 Å². The summed E-state index contributed by atoms with van der Waals surface area (Å²) in [5, 5.41) is 2.71. The summed E-state index contributed by atoms with van der Waals surface area (Å²) in [5.41, 5.74) is 2.84. The molecule has 116 valence electrons. The van der Waals surface area contributed by atoms with E-state index < -0.39 is 0 Å². The first-order valence-corrected chi connectivity index (χ1v) is 8.23. The third-order valence-electron chi connectivity index (χ3n) is 3.56. The van der Waals surface area contributed by atoms with E-state index in [0.717, 1.165) is 16.9 Å². The summed E-state index contributed by atoms with van der Waals surface area (Å²) in [6, 6.07) is 17.9. The van der Waals surface area contributed by atoms with Crippen molar-refractivity contribution in [2.24, 2.45) is 0 Å². The lowest BCUT2D eigenvalue weighted by atomic mass is 10.1. The average molecular weight is 325 g/mol. The van der Waals surface area contributed by atoms with Gasteiger partial charge in [0.2, 0.25) is 0 Å². The number of benzene rings is 2. The van der Waals surface area contributed by atoms with Gasteiger partial charge in [-0.3, -0.25) is 4.79 Å². The molecule has 3 aromatic rings. The molecule has 4 heteroatoms. The number of rotatable bonds is 4. The number of nitrogens with one attached hydrogen (secondary N) is 1. The zero-order valence-electron chi connectivity index (χ0n) is 12.7. The molecule has 0 aliphatic heterocycles. The number of carbonyl (C=O) groups excluding carboxylic acids is 1. The molecule has 1 aromatic heterocycles. The number of thiophene rings is 1. The van der Waals surface area contributed by atoms with Crippen molar-refractivity contribution in [1.29, 1.82) is 0 Å². The summed E-state index contributed by atoms with van der Waals surface area (Å²) in [6.45, 7) is 2.12. The van der Waals surface area contributed by atoms with E-state index in [1.807, 2.05) is 6.07 Å². The molecule has 3 rings (SSSR count). The van der Waals surface area contributed by atoms with Gasteiger partial charge in [0, 0.05) is 10.6 Å². The summed E-state index contributed by atoms with van der Waals surface area (Å²) in [5.74, 6) is -0.595. The highest BCUT2D eigenvalue weighted by Gasteiger charge is 2.11. The molecule has 0 aliphatic carbocycles. The van der Waals surface area contributed by atoms with Gasteiger partial charge in [0.05, 0.1) is 4.88 Å². The third-order valence-corrected chi connectivity index (χ3v) is 4.69. The highest BCUT2D eigenvalue weighted by molar-refractivity contribution is 7.17. The van der Waals surface area contributed by atoms with Crippen LogP contribution in [0, 0.1) is 5.82 Å². The number of amides is 1. The topological polar surface area (TPSA) is 29.1 Å². The molecule has 0 saturated heterocycles. The monoisotopic (exact) mass is 325 g/mol. The quantitative estimate of drug-likeness (QED) is 0.686. The Hall–Kier alpha value is -2.46. The molecule has 0 radical (unpaired) electrons. The Kier molecular flexibility index (Phi) is 4.53. The summed E-state index contributed by atoms with van der Waals surface area (Å²) >= 11 is 1.43. The van der Waals surface area contributed by atoms with Crippen LogP contribution in [0.3, 0.4) is 0 Å². The van der Waals surface area contributed by atoms with Gasteiger partial charge in [-0.1, -0.05) is 37.3 Å². The fraction of sp³-hybridized carbons (Fsp3) is 0.105. The number of hydrogen-bond acceptors (Lipinski definition) is 2. The molecule has 1 amide bonds. The third kappa shape index (κ3) is 3.66. The van der Waals surface area contributed by atoms with Crippen LogP contribution in [0.25, 0.3) is 10.4 Å². The number of hydrogen-bond donors (Lipinski definition) is 1. The van der Waals surface area contributed by atoms with Crippen molar-refractivity contribution in [2.75, 3.05) is 5.32 Å². The average Bonchev–Trinajstić information content (AvgIpc) is 3.05. The fourth-order valence-electron chi connectivity index (χ4n) is 2.28. The molecule has 0 fully saturated rings. The largest absolute Gasteiger partial charge is 0.321 e. The molecule has 0 atom stereocenters. The van der Waals surface area contributed by atoms with E-state index in [9.17, 15) is 9.18 Å². The molecule has 0 bridgehead atoms. The number of halogens is 1. The van der Waals surface area contributed by atoms with Crippen molar-refractivity contribution >= 4 is 22.9 Å². The van der Waals surface area contributed by atoms with Gasteiger partial charge in [-0.2, -0.15) is 0 Å². The summed E-state index contributed by atoms with van der Waals surface area (Å²) in [6.07, 6.45) is 1.01. The maximum absolute atomic E-state index is 13.2. The van der Waals surface area contributed by atoms with Crippen molar-refractivity contribution in [3.8, 4) is 10.4 Å². The van der Waals surface area contributed by atoms with Gasteiger partial charge >= 0.3 is 0 Å². The van der Waals surface area contributed by atoms with Gasteiger partial charge in [-0.15, -0.1) is 11.3 Å². The minimum Gasteiger partial charge on any atom is -0.321 e. The smallest absolute Gasteiger partial charge is 0.265 e. The van der Waals surface area contributed by atoms with Crippen LogP contribution in [0.15, 0.2) is 60.7 Å². The Balaban J connectivity index is 1.76. The van der Waals surface area contributed by atoms with Crippen molar-refractivity contribution in [3.05, 3.63) is 76.9 Å². The van der Waals surface area contributed by atoms with E-state index >= 15 is 0 Å². The van der Waals surface area contributed by atoms with Crippen LogP contribution in [-0.4, -0.2) is 5.91 Å². The van der Waals surface area contributed by atoms with E-state index in [0.29, 0.717) is 10.6 Å². The molecule has 1 heterocycles. The zero-order valence-corrected chi connectivity index (χ0v) is 13.5. The van der Waals surface area contributed by atoms with Gasteiger partial charge in [-0.25, -0.2) is 4.39 Å². The molecule has 23 heavy (non-hydrogen) atoms. The van der Waals surface area contributed by atoms with Crippen molar-refractivity contribution in [3.63, 3.8) is 0 Å². The lowest BCUT2D eigenvalue weighted by Gasteiger charge is -2.03. The summed E-state index contributed by atoms with van der Waals surface area (Å²) in [4.78, 5) is 13.9. The molecule has 0 saturated carbocycles. The maximum Gasteiger partial charge on any atom is 0.265 e. The minimum atomic E-state index is -0.370. The van der Waals surface area contributed by atoms with E-state index in [2.05, 4.69) is 36.5 Å². The van der Waals surface area contributed by atoms with Crippen LogP contribution < -0.4 is 5.32 Å². The highest BCUT2D eigenvalue weighted by Crippen LogP contribution is 2.29. The highest BCUT2D eigenvalue weighted by atomic mass is 32.1. The molecule has 2 nitrogen and oxygen atoms in total. The van der Waals surface area contributed by atoms with Gasteiger partial charge in [0.1, 0.15) is 5.82 Å². The number of anilines is 1. The Bertz CT molecular complexity index is 823. The first kappa shape index (κ1) is 15.4. The molecule has 2 aromatic carbocycles. The van der Waals surface area contributed by atoms with Crippen LogP contribution >= 0.6 is 11.3 Å². The Morgan fingerprint density at radius 3 is 2.57 bits per heavy atom. The first-order chi connectivity index (χ1) is 11.2. The lowest BCUT2D eigenvalue weighted by Crippen LogP contribution is -2.09. The van der Waals surface area contributed by atoms with Crippen LogP contribution in [0.2, 0.25) is 0 Å². The minimum absolute atomic E-state index is 0.225. The van der Waals surface area contributed by atoms with Crippen molar-refractivity contribution < 1.29 is 9.18 Å². The van der Waals surface area contributed by atoms with Gasteiger partial charge < -0.3 is 5.32 Å². The van der Waals surface area contributed by atoms with Crippen LogP contribution in [0.4, 0.5) is 10.1 Å². The van der Waals surface area contributed by atoms with E-state index in [4.69, 9.17) is 0 Å².